The Labute approximate surface area is 194 Å². The van der Waals surface area contributed by atoms with Gasteiger partial charge in [-0.3, -0.25) is 9.98 Å². The van der Waals surface area contributed by atoms with E-state index in [0.29, 0.717) is 12.3 Å². The number of rotatable bonds is 7. The SMILES string of the molecule is CN=CC(=C(N)Cc1ccccc1)c1cnc2ccc(NC3CC(C(C)C)=CN=N3)nc2c1. The number of nitrogens with zero attached hydrogens (tertiary/aromatic N) is 5. The average molecular weight is 440 g/mol. The Hall–Kier alpha value is -3.87. The van der Waals surface area contributed by atoms with Gasteiger partial charge in [-0.25, -0.2) is 4.98 Å². The molecule has 1 aliphatic heterocycles. The van der Waals surface area contributed by atoms with Crippen LogP contribution in [0.3, 0.4) is 0 Å². The Balaban J connectivity index is 1.61. The van der Waals surface area contributed by atoms with Gasteiger partial charge in [0.05, 0.1) is 11.0 Å². The van der Waals surface area contributed by atoms with Crippen LogP contribution in [0, 0.1) is 5.92 Å². The molecule has 33 heavy (non-hydrogen) atoms. The molecule has 4 rings (SSSR count). The molecule has 2 aromatic heterocycles. The Bertz CT molecular complexity index is 1240. The number of hydrogen-bond acceptors (Lipinski definition) is 7. The van der Waals surface area contributed by atoms with E-state index in [-0.39, 0.29) is 6.17 Å². The van der Waals surface area contributed by atoms with Crippen LogP contribution < -0.4 is 11.1 Å². The van der Waals surface area contributed by atoms with Crippen molar-refractivity contribution < 1.29 is 0 Å². The summed E-state index contributed by atoms with van der Waals surface area (Å²) in [5.41, 5.74) is 13.0. The van der Waals surface area contributed by atoms with Crippen molar-refractivity contribution in [1.29, 1.82) is 0 Å². The molecule has 0 radical (unpaired) electrons. The Kier molecular flexibility index (Phi) is 6.88. The van der Waals surface area contributed by atoms with Gasteiger partial charge in [-0.05, 0) is 35.3 Å². The summed E-state index contributed by atoms with van der Waals surface area (Å²) < 4.78 is 0. The number of anilines is 1. The number of hydrogen-bond donors (Lipinski definition) is 2. The third kappa shape index (κ3) is 5.49. The summed E-state index contributed by atoms with van der Waals surface area (Å²) in [7, 11) is 1.74. The molecule has 7 heteroatoms. The van der Waals surface area contributed by atoms with Crippen molar-refractivity contribution in [3.8, 4) is 0 Å². The van der Waals surface area contributed by atoms with Crippen molar-refractivity contribution in [2.45, 2.75) is 32.9 Å². The first-order valence-corrected chi connectivity index (χ1v) is 11.1. The van der Waals surface area contributed by atoms with Gasteiger partial charge in [-0.15, -0.1) is 0 Å². The number of nitrogens with two attached hydrogens (primary N) is 1. The first-order chi connectivity index (χ1) is 16.0. The van der Waals surface area contributed by atoms with E-state index in [1.165, 1.54) is 5.57 Å². The highest BCUT2D eigenvalue weighted by Gasteiger charge is 2.17. The van der Waals surface area contributed by atoms with Gasteiger partial charge >= 0.3 is 0 Å². The zero-order valence-electron chi connectivity index (χ0n) is 19.2. The van der Waals surface area contributed by atoms with Crippen LogP contribution in [0.1, 0.15) is 31.4 Å². The number of aliphatic imine (C=N–C) groups is 1. The molecule has 0 saturated heterocycles. The molecule has 1 atom stereocenters. The molecule has 3 heterocycles. The van der Waals surface area contributed by atoms with Gasteiger partial charge in [0.15, 0.2) is 0 Å². The quantitative estimate of drug-likeness (QED) is 0.483. The molecular formula is C26H29N7. The third-order valence-electron chi connectivity index (χ3n) is 5.60. The monoisotopic (exact) mass is 439 g/mol. The van der Waals surface area contributed by atoms with Crippen molar-refractivity contribution in [2.24, 2.45) is 26.9 Å². The molecule has 3 N–H and O–H groups in total. The van der Waals surface area contributed by atoms with E-state index >= 15 is 0 Å². The van der Waals surface area contributed by atoms with Gasteiger partial charge in [0.25, 0.3) is 0 Å². The second kappa shape index (κ2) is 10.2. The summed E-state index contributed by atoms with van der Waals surface area (Å²) in [6.07, 6.45) is 6.78. The Morgan fingerprint density at radius 3 is 2.76 bits per heavy atom. The van der Waals surface area contributed by atoms with Crippen LogP contribution in [0.2, 0.25) is 0 Å². The van der Waals surface area contributed by atoms with Gasteiger partial charge in [0, 0.05) is 55.3 Å². The maximum atomic E-state index is 6.50. The summed E-state index contributed by atoms with van der Waals surface area (Å²) in [6.45, 7) is 4.33. The van der Waals surface area contributed by atoms with Crippen LogP contribution in [0.5, 0.6) is 0 Å². The van der Waals surface area contributed by atoms with Crippen LogP contribution in [0.4, 0.5) is 5.82 Å². The highest BCUT2D eigenvalue weighted by molar-refractivity contribution is 6.11. The number of nitrogens with one attached hydrogen (secondary N) is 1. The summed E-state index contributed by atoms with van der Waals surface area (Å²) in [4.78, 5) is 13.6. The van der Waals surface area contributed by atoms with Crippen LogP contribution in [-0.4, -0.2) is 29.4 Å². The molecule has 1 aromatic carbocycles. The zero-order valence-corrected chi connectivity index (χ0v) is 19.2. The minimum atomic E-state index is -0.127. The number of azo groups is 1. The number of benzene rings is 1. The lowest BCUT2D eigenvalue weighted by Crippen LogP contribution is -2.21. The van der Waals surface area contributed by atoms with E-state index in [1.807, 2.05) is 48.8 Å². The Morgan fingerprint density at radius 1 is 1.18 bits per heavy atom. The lowest BCUT2D eigenvalue weighted by Gasteiger charge is -2.20. The molecule has 0 aliphatic carbocycles. The standard InChI is InChI=1S/C26H29N7/c1-17(2)19-13-26(33-30-15-19)32-25-10-9-23-24(31-25)12-20(14-29-23)21(16-28-3)22(27)11-18-7-5-4-6-8-18/h4-10,12,14-17,26H,11,13,27H2,1-3H3,(H,31,32). The van der Waals surface area contributed by atoms with E-state index in [2.05, 4.69) is 51.5 Å². The summed E-state index contributed by atoms with van der Waals surface area (Å²) in [6, 6.07) is 16.0. The first kappa shape index (κ1) is 22.3. The fourth-order valence-electron chi connectivity index (χ4n) is 3.76. The van der Waals surface area contributed by atoms with Crippen LogP contribution in [0.25, 0.3) is 16.6 Å². The zero-order chi connectivity index (χ0) is 23.2. The fraction of sp³-hybridized carbons (Fsp3) is 0.269. The van der Waals surface area contributed by atoms with E-state index < -0.39 is 0 Å². The average Bonchev–Trinajstić information content (AvgIpc) is 2.83. The van der Waals surface area contributed by atoms with Crippen LogP contribution in [0.15, 0.2) is 87.4 Å². The van der Waals surface area contributed by atoms with Crippen molar-refractivity contribution in [1.82, 2.24) is 9.97 Å². The number of fused-ring (bicyclic) bond motifs is 1. The van der Waals surface area contributed by atoms with Gasteiger partial charge in [-0.1, -0.05) is 44.2 Å². The molecule has 0 fully saturated rings. The lowest BCUT2D eigenvalue weighted by atomic mass is 9.99. The fourth-order valence-corrected chi connectivity index (χ4v) is 3.76. The molecule has 3 aromatic rings. The minimum absolute atomic E-state index is 0.127. The molecule has 1 aliphatic rings. The van der Waals surface area contributed by atoms with Gasteiger partial charge < -0.3 is 11.1 Å². The lowest BCUT2D eigenvalue weighted by molar-refractivity contribution is 0.608. The Morgan fingerprint density at radius 2 is 2.00 bits per heavy atom. The van der Waals surface area contributed by atoms with Crippen molar-refractivity contribution >= 4 is 28.6 Å². The van der Waals surface area contributed by atoms with Crippen molar-refractivity contribution in [3.05, 3.63) is 83.3 Å². The molecule has 168 valence electrons. The smallest absolute Gasteiger partial charge is 0.145 e. The molecule has 1 unspecified atom stereocenters. The highest BCUT2D eigenvalue weighted by Crippen LogP contribution is 2.25. The summed E-state index contributed by atoms with van der Waals surface area (Å²) >= 11 is 0. The number of allylic oxidation sites excluding steroid dienone is 2. The molecule has 7 nitrogen and oxygen atoms in total. The maximum absolute atomic E-state index is 6.50. The van der Waals surface area contributed by atoms with Gasteiger partial charge in [0.2, 0.25) is 0 Å². The maximum Gasteiger partial charge on any atom is 0.145 e. The summed E-state index contributed by atoms with van der Waals surface area (Å²) in [5.74, 6) is 1.18. The third-order valence-corrected chi connectivity index (χ3v) is 5.60. The minimum Gasteiger partial charge on any atom is -0.401 e. The second-order valence-electron chi connectivity index (χ2n) is 8.40. The molecule has 0 bridgehead atoms. The predicted molar refractivity (Wildman–Crippen MR) is 135 cm³/mol. The number of pyridine rings is 2. The molecular weight excluding hydrogens is 410 g/mol. The van der Waals surface area contributed by atoms with Gasteiger partial charge in [0.1, 0.15) is 12.0 Å². The van der Waals surface area contributed by atoms with Crippen LogP contribution >= 0.6 is 0 Å². The highest BCUT2D eigenvalue weighted by atomic mass is 15.2. The van der Waals surface area contributed by atoms with E-state index in [9.17, 15) is 0 Å². The second-order valence-corrected chi connectivity index (χ2v) is 8.40. The van der Waals surface area contributed by atoms with Gasteiger partial charge in [-0.2, -0.15) is 10.2 Å². The molecule has 0 spiro atoms. The number of aromatic nitrogens is 2. The van der Waals surface area contributed by atoms with Crippen molar-refractivity contribution in [3.63, 3.8) is 0 Å². The molecule has 0 saturated carbocycles. The largest absolute Gasteiger partial charge is 0.401 e. The first-order valence-electron chi connectivity index (χ1n) is 11.1. The summed E-state index contributed by atoms with van der Waals surface area (Å²) in [5, 5.41) is 11.9. The van der Waals surface area contributed by atoms with E-state index in [0.717, 1.165) is 45.7 Å². The normalized spacial score (nSPS) is 16.8. The molecule has 0 amide bonds. The van der Waals surface area contributed by atoms with E-state index in [4.69, 9.17) is 10.7 Å². The van der Waals surface area contributed by atoms with Crippen LogP contribution in [-0.2, 0) is 6.42 Å². The van der Waals surface area contributed by atoms with E-state index in [1.54, 1.807) is 13.3 Å². The van der Waals surface area contributed by atoms with Crippen molar-refractivity contribution in [2.75, 3.05) is 12.4 Å². The predicted octanol–water partition coefficient (Wildman–Crippen LogP) is 5.38. The topological polar surface area (TPSA) is 101 Å².